The highest BCUT2D eigenvalue weighted by atomic mass is 16.4. The van der Waals surface area contributed by atoms with Gasteiger partial charge in [-0.15, -0.1) is 0 Å². The highest BCUT2D eigenvalue weighted by Crippen LogP contribution is 2.27. The maximum atomic E-state index is 10.7. The van der Waals surface area contributed by atoms with Crippen LogP contribution in [0.1, 0.15) is 50.8 Å². The Morgan fingerprint density at radius 3 is 2.11 bits per heavy atom. The summed E-state index contributed by atoms with van der Waals surface area (Å²) in [5, 5.41) is 8.82. The molecule has 0 aromatic heterocycles. The second-order valence-electron chi connectivity index (χ2n) is 6.28. The quantitative estimate of drug-likeness (QED) is 0.884. The van der Waals surface area contributed by atoms with Crippen molar-refractivity contribution in [3.63, 3.8) is 0 Å². The molecule has 0 amide bonds. The molecule has 1 aromatic carbocycles. The maximum Gasteiger partial charge on any atom is 0.303 e. The van der Waals surface area contributed by atoms with Gasteiger partial charge in [0.25, 0.3) is 0 Å². The third-order valence-corrected chi connectivity index (χ3v) is 3.42. The van der Waals surface area contributed by atoms with Crippen molar-refractivity contribution in [2.75, 3.05) is 14.1 Å². The number of hydrogen-bond acceptors (Lipinski definition) is 2. The fraction of sp³-hybridized carbons (Fsp3) is 0.562. The van der Waals surface area contributed by atoms with E-state index in [0.29, 0.717) is 6.42 Å². The van der Waals surface area contributed by atoms with Crippen LogP contribution in [-0.4, -0.2) is 30.1 Å². The number of nitrogens with zero attached hydrogens (tertiary/aromatic N) is 1. The van der Waals surface area contributed by atoms with Gasteiger partial charge in [-0.3, -0.25) is 4.79 Å². The van der Waals surface area contributed by atoms with Gasteiger partial charge in [0.05, 0.1) is 0 Å². The van der Waals surface area contributed by atoms with Crippen LogP contribution in [-0.2, 0) is 10.2 Å². The van der Waals surface area contributed by atoms with Crippen LogP contribution < -0.4 is 0 Å². The summed E-state index contributed by atoms with van der Waals surface area (Å²) >= 11 is 0. The Hall–Kier alpha value is -1.35. The van der Waals surface area contributed by atoms with Gasteiger partial charge >= 0.3 is 5.97 Å². The standard InChI is InChI=1S/C16H25NO2/c1-16(2,3)13-8-6-12(7-9-13)14(17(4)5)10-11-15(18)19/h6-9,14H,10-11H2,1-5H3,(H,18,19). The lowest BCUT2D eigenvalue weighted by molar-refractivity contribution is -0.137. The fourth-order valence-electron chi connectivity index (χ4n) is 2.19. The zero-order chi connectivity index (χ0) is 14.6. The first kappa shape index (κ1) is 15.7. The predicted molar refractivity (Wildman–Crippen MR) is 78.4 cm³/mol. The van der Waals surface area contributed by atoms with E-state index < -0.39 is 5.97 Å². The van der Waals surface area contributed by atoms with Gasteiger partial charge < -0.3 is 10.0 Å². The summed E-state index contributed by atoms with van der Waals surface area (Å²) in [6.07, 6.45) is 0.834. The summed E-state index contributed by atoms with van der Waals surface area (Å²) in [6.45, 7) is 6.57. The van der Waals surface area contributed by atoms with E-state index in [0.717, 1.165) is 0 Å². The van der Waals surface area contributed by atoms with E-state index in [1.54, 1.807) is 0 Å². The summed E-state index contributed by atoms with van der Waals surface area (Å²) in [7, 11) is 3.98. The van der Waals surface area contributed by atoms with Crippen molar-refractivity contribution < 1.29 is 9.90 Å². The summed E-state index contributed by atoms with van der Waals surface area (Å²) in [5.41, 5.74) is 2.62. The Morgan fingerprint density at radius 2 is 1.74 bits per heavy atom. The summed E-state index contributed by atoms with van der Waals surface area (Å²) in [6, 6.07) is 8.68. The van der Waals surface area contributed by atoms with Crippen LogP contribution in [0.2, 0.25) is 0 Å². The van der Waals surface area contributed by atoms with E-state index in [1.165, 1.54) is 11.1 Å². The number of benzene rings is 1. The van der Waals surface area contributed by atoms with E-state index in [9.17, 15) is 4.79 Å². The number of carboxylic acid groups (broad SMARTS) is 1. The van der Waals surface area contributed by atoms with Crippen LogP contribution in [0.25, 0.3) is 0 Å². The Balaban J connectivity index is 2.88. The van der Waals surface area contributed by atoms with Gasteiger partial charge in [0, 0.05) is 12.5 Å². The van der Waals surface area contributed by atoms with E-state index in [1.807, 2.05) is 14.1 Å². The predicted octanol–water partition coefficient (Wildman–Crippen LogP) is 3.45. The molecular formula is C16H25NO2. The van der Waals surface area contributed by atoms with Crippen molar-refractivity contribution in [2.45, 2.75) is 45.1 Å². The zero-order valence-corrected chi connectivity index (χ0v) is 12.6. The highest BCUT2D eigenvalue weighted by molar-refractivity contribution is 5.66. The molecule has 1 N–H and O–H groups in total. The summed E-state index contributed by atoms with van der Waals surface area (Å²) in [5.74, 6) is -0.738. The topological polar surface area (TPSA) is 40.5 Å². The molecule has 1 atom stereocenters. The Kier molecular flexibility index (Phi) is 5.12. The van der Waals surface area contributed by atoms with Crippen LogP contribution in [0.5, 0.6) is 0 Å². The van der Waals surface area contributed by atoms with Gasteiger partial charge in [0.15, 0.2) is 0 Å². The lowest BCUT2D eigenvalue weighted by Crippen LogP contribution is -2.21. The van der Waals surface area contributed by atoms with Gasteiger partial charge in [-0.1, -0.05) is 45.0 Å². The number of aliphatic carboxylic acids is 1. The van der Waals surface area contributed by atoms with E-state index >= 15 is 0 Å². The van der Waals surface area contributed by atoms with Crippen molar-refractivity contribution in [3.8, 4) is 0 Å². The third-order valence-electron chi connectivity index (χ3n) is 3.42. The molecule has 1 rings (SSSR count). The first-order valence-corrected chi connectivity index (χ1v) is 6.70. The van der Waals surface area contributed by atoms with E-state index in [4.69, 9.17) is 5.11 Å². The largest absolute Gasteiger partial charge is 0.481 e. The van der Waals surface area contributed by atoms with E-state index in [2.05, 4.69) is 49.9 Å². The minimum atomic E-state index is -0.738. The lowest BCUT2D eigenvalue weighted by atomic mass is 9.86. The molecule has 0 heterocycles. The highest BCUT2D eigenvalue weighted by Gasteiger charge is 2.17. The molecule has 0 saturated heterocycles. The molecule has 0 radical (unpaired) electrons. The summed E-state index contributed by atoms with van der Waals surface area (Å²) < 4.78 is 0. The Morgan fingerprint density at radius 1 is 1.21 bits per heavy atom. The molecule has 0 spiro atoms. The van der Waals surface area contributed by atoms with Crippen molar-refractivity contribution in [1.29, 1.82) is 0 Å². The molecule has 0 aliphatic rings. The van der Waals surface area contributed by atoms with Crippen LogP contribution in [0.3, 0.4) is 0 Å². The van der Waals surface area contributed by atoms with Crippen molar-refractivity contribution in [1.82, 2.24) is 4.90 Å². The molecule has 3 heteroatoms. The number of carboxylic acids is 1. The number of hydrogen-bond donors (Lipinski definition) is 1. The van der Waals surface area contributed by atoms with Crippen molar-refractivity contribution in [2.24, 2.45) is 0 Å². The summed E-state index contributed by atoms with van der Waals surface area (Å²) in [4.78, 5) is 12.8. The second kappa shape index (κ2) is 6.20. The normalized spacial score (nSPS) is 13.6. The van der Waals surface area contributed by atoms with Gasteiger partial charge in [-0.2, -0.15) is 0 Å². The monoisotopic (exact) mass is 263 g/mol. The molecule has 3 nitrogen and oxygen atoms in total. The molecule has 0 bridgehead atoms. The molecule has 0 fully saturated rings. The molecule has 0 aliphatic heterocycles. The van der Waals surface area contributed by atoms with Crippen LogP contribution >= 0.6 is 0 Å². The average Bonchev–Trinajstić information content (AvgIpc) is 2.27. The SMILES string of the molecule is CN(C)C(CCC(=O)O)c1ccc(C(C)(C)C)cc1. The molecule has 0 saturated carbocycles. The molecule has 106 valence electrons. The average molecular weight is 263 g/mol. The molecule has 0 aliphatic carbocycles. The first-order chi connectivity index (χ1) is 8.71. The first-order valence-electron chi connectivity index (χ1n) is 6.70. The number of rotatable bonds is 5. The smallest absolute Gasteiger partial charge is 0.303 e. The van der Waals surface area contributed by atoms with E-state index in [-0.39, 0.29) is 17.9 Å². The molecular weight excluding hydrogens is 238 g/mol. The molecule has 19 heavy (non-hydrogen) atoms. The third kappa shape index (κ3) is 4.67. The van der Waals surface area contributed by atoms with Crippen LogP contribution in [0.15, 0.2) is 24.3 Å². The van der Waals surface area contributed by atoms with Gasteiger partial charge in [0.2, 0.25) is 0 Å². The molecule has 1 aromatic rings. The lowest BCUT2D eigenvalue weighted by Gasteiger charge is -2.26. The molecule has 1 unspecified atom stereocenters. The fourth-order valence-corrected chi connectivity index (χ4v) is 2.19. The van der Waals surface area contributed by atoms with Gasteiger partial charge in [-0.05, 0) is 37.1 Å². The second-order valence-corrected chi connectivity index (χ2v) is 6.28. The Bertz CT molecular complexity index is 415. The van der Waals surface area contributed by atoms with Gasteiger partial charge in [-0.25, -0.2) is 0 Å². The maximum absolute atomic E-state index is 10.7. The van der Waals surface area contributed by atoms with Crippen molar-refractivity contribution >= 4 is 5.97 Å². The minimum absolute atomic E-state index is 0.146. The minimum Gasteiger partial charge on any atom is -0.481 e. The van der Waals surface area contributed by atoms with Crippen LogP contribution in [0.4, 0.5) is 0 Å². The zero-order valence-electron chi connectivity index (χ0n) is 12.6. The van der Waals surface area contributed by atoms with Crippen molar-refractivity contribution in [3.05, 3.63) is 35.4 Å². The van der Waals surface area contributed by atoms with Crippen LogP contribution in [0, 0.1) is 0 Å². The van der Waals surface area contributed by atoms with Gasteiger partial charge in [0.1, 0.15) is 0 Å². The Labute approximate surface area is 116 Å². The number of carbonyl (C=O) groups is 1.